The van der Waals surface area contributed by atoms with E-state index in [9.17, 15) is 4.79 Å². The van der Waals surface area contributed by atoms with Gasteiger partial charge in [0.05, 0.1) is 6.10 Å². The second-order valence-electron chi connectivity index (χ2n) is 5.39. The standard InChI is InChI=1S/C14H25NO2/c1-2-10-17-14-5-3-4-12(11-14)15-8-6-13(16)7-9-15/h12,14H,2-11H2,1H3/t12-,14+/m0/s1. The summed E-state index contributed by atoms with van der Waals surface area (Å²) in [5, 5.41) is 0. The minimum absolute atomic E-state index is 0.441. The molecule has 0 N–H and O–H groups in total. The van der Waals surface area contributed by atoms with E-state index in [2.05, 4.69) is 11.8 Å². The third kappa shape index (κ3) is 3.78. The Bertz CT molecular complexity index is 245. The summed E-state index contributed by atoms with van der Waals surface area (Å²) in [4.78, 5) is 13.8. The second kappa shape index (κ2) is 6.50. The molecule has 2 aliphatic rings. The van der Waals surface area contributed by atoms with E-state index in [1.54, 1.807) is 0 Å². The van der Waals surface area contributed by atoms with E-state index in [4.69, 9.17) is 4.74 Å². The van der Waals surface area contributed by atoms with Crippen LogP contribution in [0.4, 0.5) is 0 Å². The molecule has 0 aromatic rings. The summed E-state index contributed by atoms with van der Waals surface area (Å²) < 4.78 is 5.88. The zero-order chi connectivity index (χ0) is 12.1. The van der Waals surface area contributed by atoms with Gasteiger partial charge in [0.25, 0.3) is 0 Å². The molecule has 2 atom stereocenters. The van der Waals surface area contributed by atoms with Gasteiger partial charge in [-0.2, -0.15) is 0 Å². The molecular weight excluding hydrogens is 214 g/mol. The van der Waals surface area contributed by atoms with Crippen LogP contribution < -0.4 is 0 Å². The van der Waals surface area contributed by atoms with E-state index in [1.165, 1.54) is 25.7 Å². The van der Waals surface area contributed by atoms with Crippen molar-refractivity contribution in [3.05, 3.63) is 0 Å². The maximum Gasteiger partial charge on any atom is 0.135 e. The average Bonchev–Trinajstić information content (AvgIpc) is 2.37. The van der Waals surface area contributed by atoms with Gasteiger partial charge in [0, 0.05) is 38.6 Å². The van der Waals surface area contributed by atoms with E-state index in [0.717, 1.165) is 39.0 Å². The molecule has 1 aliphatic carbocycles. The molecule has 0 spiro atoms. The zero-order valence-electron chi connectivity index (χ0n) is 11.0. The van der Waals surface area contributed by atoms with Crippen LogP contribution in [0.1, 0.15) is 51.9 Å². The van der Waals surface area contributed by atoms with Crippen molar-refractivity contribution in [1.29, 1.82) is 0 Å². The smallest absolute Gasteiger partial charge is 0.135 e. The molecular formula is C14H25NO2. The molecule has 0 aromatic carbocycles. The summed E-state index contributed by atoms with van der Waals surface area (Å²) in [6.07, 6.45) is 8.07. The number of hydrogen-bond acceptors (Lipinski definition) is 3. The second-order valence-corrected chi connectivity index (χ2v) is 5.39. The highest BCUT2D eigenvalue weighted by molar-refractivity contribution is 5.79. The van der Waals surface area contributed by atoms with Crippen molar-refractivity contribution >= 4 is 5.78 Å². The lowest BCUT2D eigenvalue weighted by Gasteiger charge is -2.39. The first-order valence-electron chi connectivity index (χ1n) is 7.17. The van der Waals surface area contributed by atoms with Gasteiger partial charge in [0.1, 0.15) is 5.78 Å². The Morgan fingerprint density at radius 3 is 2.76 bits per heavy atom. The van der Waals surface area contributed by atoms with Gasteiger partial charge in [-0.25, -0.2) is 0 Å². The molecule has 0 unspecified atom stereocenters. The Kier molecular flexibility index (Phi) is 4.99. The van der Waals surface area contributed by atoms with Gasteiger partial charge < -0.3 is 4.74 Å². The number of nitrogens with zero attached hydrogens (tertiary/aromatic N) is 1. The van der Waals surface area contributed by atoms with Crippen molar-refractivity contribution in [2.45, 2.75) is 64.0 Å². The molecule has 0 radical (unpaired) electrons. The summed E-state index contributed by atoms with van der Waals surface area (Å²) in [6, 6.07) is 0.665. The number of carbonyl (C=O) groups is 1. The lowest BCUT2D eigenvalue weighted by molar-refractivity contribution is -0.122. The third-order valence-corrected chi connectivity index (χ3v) is 4.03. The number of likely N-dealkylation sites (tertiary alicyclic amines) is 1. The van der Waals surface area contributed by atoms with Crippen LogP contribution in [0.3, 0.4) is 0 Å². The molecule has 1 saturated carbocycles. The molecule has 1 saturated heterocycles. The predicted molar refractivity (Wildman–Crippen MR) is 68.1 cm³/mol. The molecule has 3 heteroatoms. The summed E-state index contributed by atoms with van der Waals surface area (Å²) in [7, 11) is 0. The Morgan fingerprint density at radius 1 is 1.29 bits per heavy atom. The monoisotopic (exact) mass is 239 g/mol. The number of carbonyl (C=O) groups excluding carboxylic acids is 1. The molecule has 0 bridgehead atoms. The van der Waals surface area contributed by atoms with Crippen LogP contribution >= 0.6 is 0 Å². The lowest BCUT2D eigenvalue weighted by atomic mass is 9.90. The molecule has 1 heterocycles. The highest BCUT2D eigenvalue weighted by atomic mass is 16.5. The van der Waals surface area contributed by atoms with Crippen LogP contribution in [0.25, 0.3) is 0 Å². The van der Waals surface area contributed by atoms with Crippen LogP contribution in [-0.4, -0.2) is 42.5 Å². The van der Waals surface area contributed by atoms with Gasteiger partial charge in [0.2, 0.25) is 0 Å². The number of Topliss-reactive ketones (excluding diaryl/α,β-unsaturated/α-hetero) is 1. The van der Waals surface area contributed by atoms with Crippen LogP contribution in [0.15, 0.2) is 0 Å². The number of piperidine rings is 1. The minimum Gasteiger partial charge on any atom is -0.378 e. The van der Waals surface area contributed by atoms with Crippen molar-refractivity contribution in [3.8, 4) is 0 Å². The first kappa shape index (κ1) is 13.0. The van der Waals surface area contributed by atoms with Gasteiger partial charge >= 0.3 is 0 Å². The SMILES string of the molecule is CCCO[C@@H]1CCC[C@H](N2CCC(=O)CC2)C1. The number of ketones is 1. The van der Waals surface area contributed by atoms with Crippen molar-refractivity contribution in [3.63, 3.8) is 0 Å². The number of ether oxygens (including phenoxy) is 1. The van der Waals surface area contributed by atoms with Gasteiger partial charge in [-0.3, -0.25) is 9.69 Å². The van der Waals surface area contributed by atoms with E-state index in [1.807, 2.05) is 0 Å². The Labute approximate surface area is 105 Å². The lowest BCUT2D eigenvalue weighted by Crippen LogP contribution is -2.45. The van der Waals surface area contributed by atoms with Crippen molar-refractivity contribution in [2.24, 2.45) is 0 Å². The van der Waals surface area contributed by atoms with Crippen LogP contribution in [0.5, 0.6) is 0 Å². The third-order valence-electron chi connectivity index (χ3n) is 4.03. The average molecular weight is 239 g/mol. The van der Waals surface area contributed by atoms with Crippen LogP contribution in [0.2, 0.25) is 0 Å². The van der Waals surface area contributed by atoms with Crippen molar-refractivity contribution in [2.75, 3.05) is 19.7 Å². The van der Waals surface area contributed by atoms with E-state index in [0.29, 0.717) is 17.9 Å². The zero-order valence-corrected chi connectivity index (χ0v) is 11.0. The first-order valence-corrected chi connectivity index (χ1v) is 7.17. The fourth-order valence-corrected chi connectivity index (χ4v) is 3.03. The van der Waals surface area contributed by atoms with Crippen LogP contribution in [0, 0.1) is 0 Å². The van der Waals surface area contributed by atoms with Crippen LogP contribution in [-0.2, 0) is 9.53 Å². The summed E-state index contributed by atoms with van der Waals surface area (Å²) >= 11 is 0. The van der Waals surface area contributed by atoms with Gasteiger partial charge in [-0.1, -0.05) is 6.92 Å². The molecule has 0 amide bonds. The predicted octanol–water partition coefficient (Wildman–Crippen LogP) is 2.39. The first-order chi connectivity index (χ1) is 8.29. The van der Waals surface area contributed by atoms with Crippen molar-refractivity contribution in [1.82, 2.24) is 4.90 Å². The quantitative estimate of drug-likeness (QED) is 0.754. The highest BCUT2D eigenvalue weighted by Crippen LogP contribution is 2.26. The van der Waals surface area contributed by atoms with E-state index in [-0.39, 0.29) is 0 Å². The molecule has 2 rings (SSSR count). The van der Waals surface area contributed by atoms with Gasteiger partial charge in [-0.15, -0.1) is 0 Å². The Balaban J connectivity index is 1.78. The summed E-state index contributed by atoms with van der Waals surface area (Å²) in [5.41, 5.74) is 0. The number of hydrogen-bond donors (Lipinski definition) is 0. The summed E-state index contributed by atoms with van der Waals surface area (Å²) in [6.45, 7) is 5.01. The van der Waals surface area contributed by atoms with Gasteiger partial charge in [0.15, 0.2) is 0 Å². The fourth-order valence-electron chi connectivity index (χ4n) is 3.03. The molecule has 2 fully saturated rings. The number of rotatable bonds is 4. The molecule has 98 valence electrons. The molecule has 0 aromatic heterocycles. The van der Waals surface area contributed by atoms with E-state index < -0.39 is 0 Å². The van der Waals surface area contributed by atoms with Crippen molar-refractivity contribution < 1.29 is 9.53 Å². The van der Waals surface area contributed by atoms with E-state index >= 15 is 0 Å². The molecule has 17 heavy (non-hydrogen) atoms. The Hall–Kier alpha value is -0.410. The maximum absolute atomic E-state index is 11.2. The minimum atomic E-state index is 0.441. The molecule has 1 aliphatic heterocycles. The maximum atomic E-state index is 11.2. The summed E-state index contributed by atoms with van der Waals surface area (Å²) in [5.74, 6) is 0.441. The highest BCUT2D eigenvalue weighted by Gasteiger charge is 2.29. The largest absolute Gasteiger partial charge is 0.378 e. The Morgan fingerprint density at radius 2 is 2.06 bits per heavy atom. The molecule has 3 nitrogen and oxygen atoms in total. The normalized spacial score (nSPS) is 31.7. The topological polar surface area (TPSA) is 29.5 Å². The fraction of sp³-hybridized carbons (Fsp3) is 0.929. The van der Waals surface area contributed by atoms with Gasteiger partial charge in [-0.05, 0) is 32.1 Å².